The number of fused-ring (bicyclic) bond motifs is 5. The number of hydrogen-bond acceptors (Lipinski definition) is 3. The van der Waals surface area contributed by atoms with Crippen LogP contribution in [-0.2, 0) is 9.59 Å². The molecule has 0 spiro atoms. The van der Waals surface area contributed by atoms with Gasteiger partial charge < -0.3 is 4.74 Å². The molecule has 4 nitrogen and oxygen atoms in total. The van der Waals surface area contributed by atoms with Crippen molar-refractivity contribution in [3.05, 3.63) is 66.2 Å². The van der Waals surface area contributed by atoms with Crippen LogP contribution in [0.1, 0.15) is 12.0 Å². The first-order chi connectivity index (χ1) is 12.6. The Morgan fingerprint density at radius 3 is 2.15 bits per heavy atom. The van der Waals surface area contributed by atoms with Gasteiger partial charge in [-0.25, -0.2) is 0 Å². The van der Waals surface area contributed by atoms with Crippen molar-refractivity contribution >= 4 is 17.5 Å². The minimum Gasteiger partial charge on any atom is -0.457 e. The Labute approximate surface area is 152 Å². The third-order valence-electron chi connectivity index (χ3n) is 5.79. The fraction of sp³-hybridized carbons (Fsp3) is 0.273. The number of carbonyl (C=O) groups is 2. The first-order valence-electron chi connectivity index (χ1n) is 9.02. The van der Waals surface area contributed by atoms with Crippen LogP contribution in [0.25, 0.3) is 0 Å². The van der Waals surface area contributed by atoms with Crippen LogP contribution < -0.4 is 9.64 Å². The predicted octanol–water partition coefficient (Wildman–Crippen LogP) is 4.10. The number of rotatable bonds is 3. The Hall–Kier alpha value is -2.88. The van der Waals surface area contributed by atoms with Crippen LogP contribution in [0.4, 0.5) is 5.69 Å². The van der Waals surface area contributed by atoms with Crippen LogP contribution in [0.3, 0.4) is 0 Å². The molecule has 26 heavy (non-hydrogen) atoms. The molecule has 4 heteroatoms. The summed E-state index contributed by atoms with van der Waals surface area (Å²) in [5, 5.41) is 0. The lowest BCUT2D eigenvalue weighted by Crippen LogP contribution is -2.32. The molecule has 2 aromatic rings. The second-order valence-electron chi connectivity index (χ2n) is 7.42. The third kappa shape index (κ3) is 2.22. The number of nitrogens with zero attached hydrogens (tertiary/aromatic N) is 1. The molecule has 0 N–H and O–H groups in total. The van der Waals surface area contributed by atoms with Gasteiger partial charge in [-0.3, -0.25) is 14.5 Å². The minimum absolute atomic E-state index is 0.0517. The second-order valence-corrected chi connectivity index (χ2v) is 7.42. The molecule has 1 aliphatic heterocycles. The maximum atomic E-state index is 12.8. The Balaban J connectivity index is 1.38. The molecule has 0 unspecified atom stereocenters. The number of benzene rings is 2. The standard InChI is InChI=1S/C22H19NO3/c1-13-3-2-4-18(11-13)26-17-9-7-16(8-10-17)23-21(24)19-14-5-6-15(12-14)20(19)22(23)25/h2-11,14-15,19-20H,12H2,1H3/t14-,15-,19-,20+/m0/s1. The van der Waals surface area contributed by atoms with E-state index in [4.69, 9.17) is 4.74 Å². The van der Waals surface area contributed by atoms with E-state index in [9.17, 15) is 9.59 Å². The fourth-order valence-corrected chi connectivity index (χ4v) is 4.63. The molecule has 5 rings (SSSR count). The van der Waals surface area contributed by atoms with Crippen LogP contribution in [0.5, 0.6) is 11.5 Å². The van der Waals surface area contributed by atoms with E-state index in [2.05, 4.69) is 12.2 Å². The molecule has 4 atom stereocenters. The van der Waals surface area contributed by atoms with Crippen LogP contribution in [0.2, 0.25) is 0 Å². The maximum absolute atomic E-state index is 12.8. The summed E-state index contributed by atoms with van der Waals surface area (Å²) in [4.78, 5) is 27.1. The summed E-state index contributed by atoms with van der Waals surface area (Å²) in [7, 11) is 0. The van der Waals surface area contributed by atoms with E-state index < -0.39 is 0 Å². The van der Waals surface area contributed by atoms with Gasteiger partial charge in [-0.15, -0.1) is 0 Å². The van der Waals surface area contributed by atoms with E-state index in [0.29, 0.717) is 11.4 Å². The average Bonchev–Trinajstić information content (AvgIpc) is 3.30. The fourth-order valence-electron chi connectivity index (χ4n) is 4.63. The molecule has 1 heterocycles. The summed E-state index contributed by atoms with van der Waals surface area (Å²) in [6.07, 6.45) is 5.17. The van der Waals surface area contributed by atoms with E-state index in [1.54, 1.807) is 24.3 Å². The van der Waals surface area contributed by atoms with Gasteiger partial charge in [0.15, 0.2) is 0 Å². The van der Waals surface area contributed by atoms with E-state index in [1.807, 2.05) is 31.2 Å². The summed E-state index contributed by atoms with van der Waals surface area (Å²) < 4.78 is 5.85. The van der Waals surface area contributed by atoms with Gasteiger partial charge in [-0.1, -0.05) is 24.3 Å². The summed E-state index contributed by atoms with van der Waals surface area (Å²) in [6.45, 7) is 2.01. The van der Waals surface area contributed by atoms with Crippen molar-refractivity contribution in [2.75, 3.05) is 4.90 Å². The smallest absolute Gasteiger partial charge is 0.238 e. The van der Waals surface area contributed by atoms with Crippen molar-refractivity contribution in [2.24, 2.45) is 23.7 Å². The Morgan fingerprint density at radius 2 is 1.54 bits per heavy atom. The van der Waals surface area contributed by atoms with Crippen molar-refractivity contribution < 1.29 is 14.3 Å². The van der Waals surface area contributed by atoms with E-state index in [1.165, 1.54) is 4.90 Å². The number of aryl methyl sites for hydroxylation is 1. The van der Waals surface area contributed by atoms with Crippen molar-refractivity contribution in [3.63, 3.8) is 0 Å². The molecule has 1 saturated heterocycles. The molecular weight excluding hydrogens is 326 g/mol. The highest BCUT2D eigenvalue weighted by Gasteiger charge is 2.59. The van der Waals surface area contributed by atoms with E-state index in [-0.39, 0.29) is 35.5 Å². The lowest BCUT2D eigenvalue weighted by atomic mass is 9.85. The molecule has 2 amide bonds. The number of hydrogen-bond donors (Lipinski definition) is 0. The number of allylic oxidation sites excluding steroid dienone is 2. The zero-order valence-electron chi connectivity index (χ0n) is 14.5. The van der Waals surface area contributed by atoms with Gasteiger partial charge in [-0.05, 0) is 67.1 Å². The zero-order chi connectivity index (χ0) is 17.8. The van der Waals surface area contributed by atoms with Crippen LogP contribution in [-0.4, -0.2) is 11.8 Å². The number of anilines is 1. The summed E-state index contributed by atoms with van der Waals surface area (Å²) in [6, 6.07) is 15.0. The van der Waals surface area contributed by atoms with Crippen molar-refractivity contribution in [3.8, 4) is 11.5 Å². The van der Waals surface area contributed by atoms with Gasteiger partial charge in [0.1, 0.15) is 11.5 Å². The van der Waals surface area contributed by atoms with Gasteiger partial charge in [-0.2, -0.15) is 0 Å². The second kappa shape index (κ2) is 5.56. The largest absolute Gasteiger partial charge is 0.457 e. The SMILES string of the molecule is Cc1cccc(Oc2ccc(N3C(=O)[C@@H]4[C@H](C3=O)[C@H]3C=C[C@H]4C3)cc2)c1. The van der Waals surface area contributed by atoms with E-state index in [0.717, 1.165) is 17.7 Å². The number of ether oxygens (including phenoxy) is 1. The molecule has 0 radical (unpaired) electrons. The highest BCUT2D eigenvalue weighted by molar-refractivity contribution is 6.22. The molecule has 3 aliphatic rings. The molecule has 2 aromatic carbocycles. The Morgan fingerprint density at radius 1 is 0.885 bits per heavy atom. The highest BCUT2D eigenvalue weighted by Crippen LogP contribution is 2.53. The quantitative estimate of drug-likeness (QED) is 0.621. The van der Waals surface area contributed by atoms with Crippen molar-refractivity contribution in [1.82, 2.24) is 0 Å². The predicted molar refractivity (Wildman–Crippen MR) is 97.9 cm³/mol. The van der Waals surface area contributed by atoms with Gasteiger partial charge in [0.2, 0.25) is 11.8 Å². The highest BCUT2D eigenvalue weighted by atomic mass is 16.5. The normalized spacial score (nSPS) is 28.7. The molecular formula is C22H19NO3. The minimum atomic E-state index is -0.166. The lowest BCUT2D eigenvalue weighted by molar-refractivity contribution is -0.123. The van der Waals surface area contributed by atoms with Crippen LogP contribution in [0, 0.1) is 30.6 Å². The van der Waals surface area contributed by atoms with Crippen molar-refractivity contribution in [2.45, 2.75) is 13.3 Å². The van der Waals surface area contributed by atoms with Gasteiger partial charge in [0.05, 0.1) is 17.5 Å². The summed E-state index contributed by atoms with van der Waals surface area (Å²) >= 11 is 0. The Bertz CT molecular complexity index is 901. The van der Waals surface area contributed by atoms with Crippen LogP contribution in [0.15, 0.2) is 60.7 Å². The summed E-state index contributed by atoms with van der Waals surface area (Å²) in [5.41, 5.74) is 1.76. The third-order valence-corrected chi connectivity index (χ3v) is 5.79. The average molecular weight is 345 g/mol. The molecule has 130 valence electrons. The van der Waals surface area contributed by atoms with E-state index >= 15 is 0 Å². The maximum Gasteiger partial charge on any atom is 0.238 e. The number of imide groups is 1. The van der Waals surface area contributed by atoms with Gasteiger partial charge in [0.25, 0.3) is 0 Å². The van der Waals surface area contributed by atoms with Crippen LogP contribution >= 0.6 is 0 Å². The first kappa shape index (κ1) is 15.4. The monoisotopic (exact) mass is 345 g/mol. The molecule has 1 saturated carbocycles. The molecule has 0 aromatic heterocycles. The Kier molecular flexibility index (Phi) is 3.29. The molecule has 2 fully saturated rings. The van der Waals surface area contributed by atoms with Crippen molar-refractivity contribution in [1.29, 1.82) is 0 Å². The lowest BCUT2D eigenvalue weighted by Gasteiger charge is -2.17. The summed E-state index contributed by atoms with van der Waals surface area (Å²) in [5.74, 6) is 1.48. The number of amides is 2. The molecule has 2 aliphatic carbocycles. The number of carbonyl (C=O) groups excluding carboxylic acids is 2. The first-order valence-corrected chi connectivity index (χ1v) is 9.02. The van der Waals surface area contributed by atoms with Gasteiger partial charge >= 0.3 is 0 Å². The van der Waals surface area contributed by atoms with Gasteiger partial charge in [0, 0.05) is 0 Å². The molecule has 2 bridgehead atoms. The zero-order valence-corrected chi connectivity index (χ0v) is 14.5. The topological polar surface area (TPSA) is 46.6 Å².